The van der Waals surface area contributed by atoms with Gasteiger partial charge in [-0.2, -0.15) is 5.26 Å². The lowest BCUT2D eigenvalue weighted by molar-refractivity contribution is -0.112. The number of nitrogens with zero attached hydrogens (tertiary/aromatic N) is 2. The number of hydrogen-bond acceptors (Lipinski definition) is 4. The molecular formula is C17H23N3O2. The predicted octanol–water partition coefficient (Wildman–Crippen LogP) is 3.16. The maximum Gasteiger partial charge on any atom is 0.267 e. The van der Waals surface area contributed by atoms with Crippen LogP contribution in [-0.2, 0) is 4.79 Å². The molecule has 0 heterocycles. The second-order valence-electron chi connectivity index (χ2n) is 4.84. The van der Waals surface area contributed by atoms with Gasteiger partial charge in [-0.3, -0.25) is 4.79 Å². The van der Waals surface area contributed by atoms with E-state index in [0.717, 1.165) is 25.9 Å². The largest absolute Gasteiger partial charge is 0.495 e. The smallest absolute Gasteiger partial charge is 0.267 e. The molecule has 1 amide bonds. The van der Waals surface area contributed by atoms with E-state index in [4.69, 9.17) is 4.74 Å². The van der Waals surface area contributed by atoms with Crippen LogP contribution in [0.3, 0.4) is 0 Å². The zero-order valence-electron chi connectivity index (χ0n) is 13.4. The maximum atomic E-state index is 12.3. The minimum atomic E-state index is -0.427. The van der Waals surface area contributed by atoms with Crippen LogP contribution in [0.4, 0.5) is 5.69 Å². The first-order valence-corrected chi connectivity index (χ1v) is 7.46. The number of hydrogen-bond donors (Lipinski definition) is 1. The van der Waals surface area contributed by atoms with Crippen LogP contribution in [0.2, 0.25) is 0 Å². The summed E-state index contributed by atoms with van der Waals surface area (Å²) in [5.74, 6) is 0.135. The molecule has 0 fully saturated rings. The van der Waals surface area contributed by atoms with Crippen molar-refractivity contribution in [3.05, 3.63) is 36.0 Å². The molecule has 0 saturated carbocycles. The lowest BCUT2D eigenvalue weighted by Crippen LogP contribution is -2.23. The van der Waals surface area contributed by atoms with Crippen LogP contribution in [0.15, 0.2) is 36.0 Å². The van der Waals surface area contributed by atoms with Gasteiger partial charge in [0, 0.05) is 19.3 Å². The maximum absolute atomic E-state index is 12.3. The number of nitriles is 1. The van der Waals surface area contributed by atoms with Crippen molar-refractivity contribution in [2.45, 2.75) is 26.7 Å². The molecule has 5 heteroatoms. The Bertz CT molecular complexity index is 555. The Morgan fingerprint density at radius 3 is 2.50 bits per heavy atom. The molecule has 5 nitrogen and oxygen atoms in total. The van der Waals surface area contributed by atoms with Crippen LogP contribution in [0, 0.1) is 11.3 Å². The Balaban J connectivity index is 2.90. The third-order valence-electron chi connectivity index (χ3n) is 3.05. The average Bonchev–Trinajstić information content (AvgIpc) is 2.53. The van der Waals surface area contributed by atoms with Gasteiger partial charge in [0.15, 0.2) is 0 Å². The minimum absolute atomic E-state index is 0.0906. The molecule has 0 unspecified atom stereocenters. The van der Waals surface area contributed by atoms with Gasteiger partial charge in [0.05, 0.1) is 12.8 Å². The molecule has 0 aromatic heterocycles. The van der Waals surface area contributed by atoms with Crippen molar-refractivity contribution in [3.8, 4) is 11.8 Å². The highest BCUT2D eigenvalue weighted by atomic mass is 16.5. The number of methoxy groups -OCH3 is 1. The zero-order valence-corrected chi connectivity index (χ0v) is 13.4. The van der Waals surface area contributed by atoms with Gasteiger partial charge in [0.2, 0.25) is 0 Å². The van der Waals surface area contributed by atoms with Gasteiger partial charge in [-0.05, 0) is 25.0 Å². The Hall–Kier alpha value is -2.48. The van der Waals surface area contributed by atoms with Crippen LogP contribution >= 0.6 is 0 Å². The molecule has 0 bridgehead atoms. The number of carbonyl (C=O) groups excluding carboxylic acids is 1. The van der Waals surface area contributed by atoms with Gasteiger partial charge in [-0.15, -0.1) is 0 Å². The topological polar surface area (TPSA) is 65.4 Å². The molecule has 0 saturated heterocycles. The molecule has 0 aliphatic carbocycles. The summed E-state index contributed by atoms with van der Waals surface area (Å²) in [5, 5.41) is 12.0. The van der Waals surface area contributed by atoms with Crippen molar-refractivity contribution in [1.82, 2.24) is 4.90 Å². The number of anilines is 1. The molecule has 1 rings (SSSR count). The number of benzene rings is 1. The normalized spacial score (nSPS) is 10.7. The van der Waals surface area contributed by atoms with Crippen molar-refractivity contribution in [3.63, 3.8) is 0 Å². The van der Waals surface area contributed by atoms with Crippen LogP contribution in [-0.4, -0.2) is 31.0 Å². The monoisotopic (exact) mass is 301 g/mol. The summed E-state index contributed by atoms with van der Waals surface area (Å²) < 4.78 is 5.19. The first kappa shape index (κ1) is 17.6. The molecule has 0 aliphatic heterocycles. The summed E-state index contributed by atoms with van der Waals surface area (Å²) in [6, 6.07) is 9.09. The van der Waals surface area contributed by atoms with E-state index in [1.807, 2.05) is 17.0 Å². The number of nitrogens with one attached hydrogen (secondary N) is 1. The average molecular weight is 301 g/mol. The van der Waals surface area contributed by atoms with E-state index < -0.39 is 5.91 Å². The molecule has 0 spiro atoms. The van der Waals surface area contributed by atoms with Crippen LogP contribution < -0.4 is 10.1 Å². The van der Waals surface area contributed by atoms with Crippen LogP contribution in [0.1, 0.15) is 26.7 Å². The first-order valence-electron chi connectivity index (χ1n) is 7.46. The van der Waals surface area contributed by atoms with Crippen molar-refractivity contribution in [2.75, 3.05) is 25.5 Å². The van der Waals surface area contributed by atoms with Crippen molar-refractivity contribution in [1.29, 1.82) is 5.26 Å². The summed E-state index contributed by atoms with van der Waals surface area (Å²) in [5.41, 5.74) is 0.640. The van der Waals surface area contributed by atoms with Gasteiger partial charge >= 0.3 is 0 Å². The quantitative estimate of drug-likeness (QED) is 0.591. The Morgan fingerprint density at radius 2 is 1.95 bits per heavy atom. The molecule has 22 heavy (non-hydrogen) atoms. The highest BCUT2D eigenvalue weighted by Gasteiger charge is 2.13. The number of para-hydroxylation sites is 2. The fourth-order valence-corrected chi connectivity index (χ4v) is 2.07. The van der Waals surface area contributed by atoms with E-state index in [1.54, 1.807) is 24.4 Å². The molecule has 1 aromatic rings. The van der Waals surface area contributed by atoms with E-state index >= 15 is 0 Å². The first-order chi connectivity index (χ1) is 10.7. The van der Waals surface area contributed by atoms with E-state index in [1.165, 1.54) is 7.11 Å². The van der Waals surface area contributed by atoms with Crippen molar-refractivity contribution in [2.24, 2.45) is 0 Å². The summed E-state index contributed by atoms with van der Waals surface area (Å²) >= 11 is 0. The fraction of sp³-hybridized carbons (Fsp3) is 0.412. The molecule has 1 aromatic carbocycles. The zero-order chi connectivity index (χ0) is 16.4. The van der Waals surface area contributed by atoms with E-state index in [2.05, 4.69) is 19.2 Å². The highest BCUT2D eigenvalue weighted by Crippen LogP contribution is 2.23. The molecule has 0 radical (unpaired) electrons. The number of ether oxygens (including phenoxy) is 1. The Kier molecular flexibility index (Phi) is 7.55. The number of carbonyl (C=O) groups is 1. The molecule has 0 atom stereocenters. The third-order valence-corrected chi connectivity index (χ3v) is 3.05. The second kappa shape index (κ2) is 9.46. The third kappa shape index (κ3) is 5.13. The summed E-state index contributed by atoms with van der Waals surface area (Å²) in [7, 11) is 1.54. The van der Waals surface area contributed by atoms with Crippen LogP contribution in [0.25, 0.3) is 0 Å². The predicted molar refractivity (Wildman–Crippen MR) is 87.5 cm³/mol. The molecule has 1 N–H and O–H groups in total. The Labute approximate surface area is 132 Å². The van der Waals surface area contributed by atoms with E-state index in [-0.39, 0.29) is 5.57 Å². The van der Waals surface area contributed by atoms with Gasteiger partial charge in [-0.25, -0.2) is 0 Å². The standard InChI is InChI=1S/C17H23N3O2/c1-4-10-20(11-5-2)13-14(12-18)17(21)19-15-8-6-7-9-16(15)22-3/h6-9,13H,4-5,10-11H2,1-3H3,(H,19,21)/b14-13-. The van der Waals surface area contributed by atoms with Crippen molar-refractivity contribution >= 4 is 11.6 Å². The van der Waals surface area contributed by atoms with Crippen LogP contribution in [0.5, 0.6) is 5.75 Å². The van der Waals surface area contributed by atoms with E-state index in [9.17, 15) is 10.1 Å². The highest BCUT2D eigenvalue weighted by molar-refractivity contribution is 6.07. The fourth-order valence-electron chi connectivity index (χ4n) is 2.07. The summed E-state index contributed by atoms with van der Waals surface area (Å²) in [6.45, 7) is 5.77. The minimum Gasteiger partial charge on any atom is -0.495 e. The van der Waals surface area contributed by atoms with E-state index in [0.29, 0.717) is 11.4 Å². The number of amides is 1. The lowest BCUT2D eigenvalue weighted by Gasteiger charge is -2.19. The van der Waals surface area contributed by atoms with Gasteiger partial charge in [-0.1, -0.05) is 26.0 Å². The van der Waals surface area contributed by atoms with Gasteiger partial charge < -0.3 is 15.0 Å². The summed E-state index contributed by atoms with van der Waals surface area (Å²) in [4.78, 5) is 14.3. The molecule has 118 valence electrons. The Morgan fingerprint density at radius 1 is 1.32 bits per heavy atom. The van der Waals surface area contributed by atoms with Crippen molar-refractivity contribution < 1.29 is 9.53 Å². The SMILES string of the molecule is CCCN(/C=C(/C#N)C(=O)Nc1ccccc1OC)CCC. The second-order valence-corrected chi connectivity index (χ2v) is 4.84. The van der Waals surface area contributed by atoms with Gasteiger partial charge in [0.25, 0.3) is 5.91 Å². The number of rotatable bonds is 8. The van der Waals surface area contributed by atoms with Gasteiger partial charge in [0.1, 0.15) is 17.4 Å². The summed E-state index contributed by atoms with van der Waals surface area (Å²) in [6.07, 6.45) is 3.56. The molecular weight excluding hydrogens is 278 g/mol. The molecule has 0 aliphatic rings. The lowest BCUT2D eigenvalue weighted by atomic mass is 10.2.